The van der Waals surface area contributed by atoms with E-state index in [9.17, 15) is 8.42 Å². The lowest BCUT2D eigenvalue weighted by atomic mass is 9.71. The van der Waals surface area contributed by atoms with Gasteiger partial charge >= 0.3 is 0 Å². The molecular formula is C22H42N4O2S2. The van der Waals surface area contributed by atoms with Crippen LogP contribution in [0.25, 0.3) is 0 Å². The first-order valence-corrected chi connectivity index (χ1v) is 13.6. The number of thioether (sulfide) groups is 1. The number of hydrogen-bond donors (Lipinski definition) is 2. The topological polar surface area (TPSA) is 73.8 Å². The molecule has 2 rings (SSSR count). The quantitative estimate of drug-likeness (QED) is 0.649. The van der Waals surface area contributed by atoms with Crippen molar-refractivity contribution >= 4 is 27.8 Å². The van der Waals surface area contributed by atoms with Crippen molar-refractivity contribution in [3.05, 3.63) is 11.3 Å². The van der Waals surface area contributed by atoms with Gasteiger partial charge in [-0.25, -0.2) is 0 Å². The summed E-state index contributed by atoms with van der Waals surface area (Å²) in [5.74, 6) is 1.07. The Morgan fingerprint density at radius 2 is 1.67 bits per heavy atom. The first-order valence-electron chi connectivity index (χ1n) is 10.8. The second-order valence-electron chi connectivity index (χ2n) is 11.7. The summed E-state index contributed by atoms with van der Waals surface area (Å²) in [6.45, 7) is 21.8. The summed E-state index contributed by atoms with van der Waals surface area (Å²) in [4.78, 5) is 7.56. The second kappa shape index (κ2) is 8.41. The van der Waals surface area contributed by atoms with E-state index in [-0.39, 0.29) is 28.2 Å². The normalized spacial score (nSPS) is 24.8. The van der Waals surface area contributed by atoms with Crippen LogP contribution in [-0.2, 0) is 10.2 Å². The maximum Gasteiger partial charge on any atom is 0.277 e. The van der Waals surface area contributed by atoms with Crippen molar-refractivity contribution in [1.82, 2.24) is 14.3 Å². The first-order chi connectivity index (χ1) is 13.4. The molecule has 1 saturated heterocycles. The summed E-state index contributed by atoms with van der Waals surface area (Å²) < 4.78 is 31.0. The number of rotatable bonds is 5. The van der Waals surface area contributed by atoms with Gasteiger partial charge in [-0.2, -0.15) is 29.6 Å². The largest absolute Gasteiger partial charge is 0.331 e. The Kier molecular flexibility index (Phi) is 7.20. The number of nitrogens with one attached hydrogen (secondary N) is 2. The minimum Gasteiger partial charge on any atom is -0.331 e. The Morgan fingerprint density at radius 1 is 1.10 bits per heavy atom. The molecule has 2 N–H and O–H groups in total. The van der Waals surface area contributed by atoms with Crippen LogP contribution in [0.3, 0.4) is 0 Å². The molecule has 8 heteroatoms. The Morgan fingerprint density at radius 3 is 2.10 bits per heavy atom. The average molecular weight is 459 g/mol. The molecule has 2 aliphatic rings. The van der Waals surface area contributed by atoms with Crippen molar-refractivity contribution in [3.8, 4) is 0 Å². The summed E-state index contributed by atoms with van der Waals surface area (Å²) in [6, 6.07) is -0.105. The van der Waals surface area contributed by atoms with Crippen LogP contribution in [0, 0.1) is 10.8 Å². The van der Waals surface area contributed by atoms with Gasteiger partial charge in [0.05, 0.1) is 11.3 Å². The van der Waals surface area contributed by atoms with Crippen LogP contribution in [0.4, 0.5) is 0 Å². The molecule has 0 aromatic rings. The Labute approximate surface area is 188 Å². The van der Waals surface area contributed by atoms with Gasteiger partial charge in [-0.3, -0.25) is 4.99 Å². The van der Waals surface area contributed by atoms with Gasteiger partial charge in [-0.05, 0) is 50.4 Å². The van der Waals surface area contributed by atoms with Gasteiger partial charge in [0.15, 0.2) is 0 Å². The van der Waals surface area contributed by atoms with Gasteiger partial charge in [0.1, 0.15) is 5.84 Å². The standard InChI is InChI=1S/C22H42N4O2S2/c1-14(29-11)19-23-18(21(5,6)7)17(20(2,3)4)16-12-15(13-26(16)19)24-30(27,28)25-22(8,9)10/h14-15,18,24-25H,12-13H2,1-11H3. The summed E-state index contributed by atoms with van der Waals surface area (Å²) in [7, 11) is -3.60. The van der Waals surface area contributed by atoms with Crippen LogP contribution in [0.15, 0.2) is 16.3 Å². The fraction of sp³-hybridized carbons (Fsp3) is 0.864. The van der Waals surface area contributed by atoms with E-state index in [0.29, 0.717) is 13.0 Å². The summed E-state index contributed by atoms with van der Waals surface area (Å²) in [6.07, 6.45) is 2.79. The first kappa shape index (κ1) is 25.7. The highest BCUT2D eigenvalue weighted by atomic mass is 32.2. The number of fused-ring (bicyclic) bond motifs is 1. The van der Waals surface area contributed by atoms with Gasteiger partial charge in [0.2, 0.25) is 0 Å². The molecule has 0 aromatic heterocycles. The predicted molar refractivity (Wildman–Crippen MR) is 130 cm³/mol. The van der Waals surface area contributed by atoms with Gasteiger partial charge in [-0.15, -0.1) is 0 Å². The molecule has 0 saturated carbocycles. The molecule has 3 atom stereocenters. The van der Waals surface area contributed by atoms with Crippen LogP contribution in [0.2, 0.25) is 0 Å². The van der Waals surface area contributed by atoms with E-state index in [1.807, 2.05) is 20.8 Å². The number of amidine groups is 1. The second-order valence-corrected chi connectivity index (χ2v) is 14.4. The molecule has 0 aromatic carbocycles. The van der Waals surface area contributed by atoms with Crippen molar-refractivity contribution in [2.75, 3.05) is 12.8 Å². The van der Waals surface area contributed by atoms with Crippen LogP contribution in [-0.4, -0.2) is 54.8 Å². The fourth-order valence-electron chi connectivity index (χ4n) is 4.28. The van der Waals surface area contributed by atoms with E-state index in [0.717, 1.165) is 5.84 Å². The lowest BCUT2D eigenvalue weighted by molar-refractivity contribution is 0.292. The minimum atomic E-state index is -3.60. The third kappa shape index (κ3) is 6.02. The number of hydrogen-bond acceptors (Lipinski definition) is 5. The zero-order valence-corrected chi connectivity index (χ0v) is 22.3. The highest BCUT2D eigenvalue weighted by Crippen LogP contribution is 2.46. The molecular weight excluding hydrogens is 416 g/mol. The van der Waals surface area contributed by atoms with E-state index >= 15 is 0 Å². The average Bonchev–Trinajstić information content (AvgIpc) is 2.89. The van der Waals surface area contributed by atoms with Crippen LogP contribution in [0.1, 0.15) is 75.7 Å². The molecule has 1 fully saturated rings. The maximum atomic E-state index is 12.7. The zero-order valence-electron chi connectivity index (χ0n) is 20.7. The third-order valence-electron chi connectivity index (χ3n) is 5.40. The molecule has 0 amide bonds. The SMILES string of the molecule is CSC(C)C1=NC(C(C)(C)C)C(C(C)(C)C)=C2CC(NS(=O)(=O)NC(C)(C)C)CN12. The van der Waals surface area contributed by atoms with Crippen LogP contribution < -0.4 is 9.44 Å². The molecule has 174 valence electrons. The number of nitrogens with zero attached hydrogens (tertiary/aromatic N) is 2. The maximum absolute atomic E-state index is 12.7. The van der Waals surface area contributed by atoms with Crippen molar-refractivity contribution in [3.63, 3.8) is 0 Å². The van der Waals surface area contributed by atoms with E-state index in [1.54, 1.807) is 11.8 Å². The Hall–Kier alpha value is -0.570. The van der Waals surface area contributed by atoms with E-state index < -0.39 is 15.7 Å². The smallest absolute Gasteiger partial charge is 0.277 e. The van der Waals surface area contributed by atoms with Gasteiger partial charge in [0, 0.05) is 30.2 Å². The summed E-state index contributed by atoms with van der Waals surface area (Å²) in [5, 5.41) is 0.245. The van der Waals surface area contributed by atoms with Crippen molar-refractivity contribution in [2.45, 2.75) is 98.5 Å². The van der Waals surface area contributed by atoms with Gasteiger partial charge in [-0.1, -0.05) is 41.5 Å². The predicted octanol–water partition coefficient (Wildman–Crippen LogP) is 4.16. The summed E-state index contributed by atoms with van der Waals surface area (Å²) in [5.41, 5.74) is 1.98. The Balaban J connectivity index is 2.50. The van der Waals surface area contributed by atoms with E-state index in [4.69, 9.17) is 4.99 Å². The third-order valence-corrected chi connectivity index (χ3v) is 7.84. The molecule has 2 aliphatic heterocycles. The van der Waals surface area contributed by atoms with E-state index in [1.165, 1.54) is 11.3 Å². The molecule has 3 unspecified atom stereocenters. The Bertz CT molecular complexity index is 812. The van der Waals surface area contributed by atoms with Gasteiger partial charge < -0.3 is 4.90 Å². The van der Waals surface area contributed by atoms with Crippen LogP contribution >= 0.6 is 11.8 Å². The van der Waals surface area contributed by atoms with E-state index in [2.05, 4.69) is 69.1 Å². The summed E-state index contributed by atoms with van der Waals surface area (Å²) >= 11 is 1.78. The van der Waals surface area contributed by atoms with Crippen molar-refractivity contribution in [2.24, 2.45) is 15.8 Å². The number of aliphatic imine (C=N–C) groups is 1. The molecule has 0 radical (unpaired) electrons. The van der Waals surface area contributed by atoms with Gasteiger partial charge in [0.25, 0.3) is 10.2 Å². The monoisotopic (exact) mass is 458 g/mol. The highest BCUT2D eigenvalue weighted by molar-refractivity contribution is 7.99. The molecule has 30 heavy (non-hydrogen) atoms. The lowest BCUT2D eigenvalue weighted by Crippen LogP contribution is -2.51. The van der Waals surface area contributed by atoms with Crippen molar-refractivity contribution in [1.29, 1.82) is 0 Å². The minimum absolute atomic E-state index is 0.0174. The molecule has 0 spiro atoms. The molecule has 0 aliphatic carbocycles. The lowest BCUT2D eigenvalue weighted by Gasteiger charge is -2.44. The van der Waals surface area contributed by atoms with Crippen LogP contribution in [0.5, 0.6) is 0 Å². The zero-order chi connectivity index (χ0) is 23.3. The highest BCUT2D eigenvalue weighted by Gasteiger charge is 2.45. The fourth-order valence-corrected chi connectivity index (χ4v) is 6.14. The molecule has 6 nitrogen and oxygen atoms in total. The van der Waals surface area contributed by atoms with Crippen molar-refractivity contribution < 1.29 is 8.42 Å². The molecule has 2 heterocycles. The molecule has 0 bridgehead atoms.